The standard InChI is InChI=1S/C20H26N4O3S/c1-13-8-16(9-14(2)17(13)10-21)27-20-18(11-23(3)4)24(12-28(5,25)26)22-19(20)15-6-7-15/h8-9,15H,6-7,11-12H2,1-5H3. The fourth-order valence-electron chi connectivity index (χ4n) is 3.29. The zero-order chi connectivity index (χ0) is 20.6. The van der Waals surface area contributed by atoms with E-state index in [4.69, 9.17) is 4.74 Å². The van der Waals surface area contributed by atoms with Crippen molar-refractivity contribution in [2.45, 2.75) is 45.0 Å². The number of aromatic nitrogens is 2. The largest absolute Gasteiger partial charge is 0.453 e. The first-order valence-electron chi connectivity index (χ1n) is 9.20. The van der Waals surface area contributed by atoms with Crippen molar-refractivity contribution in [2.75, 3.05) is 20.4 Å². The summed E-state index contributed by atoms with van der Waals surface area (Å²) in [7, 11) is 0.601. The van der Waals surface area contributed by atoms with Gasteiger partial charge in [-0.1, -0.05) is 0 Å². The summed E-state index contributed by atoms with van der Waals surface area (Å²) in [5.74, 6) is 1.40. The highest BCUT2D eigenvalue weighted by atomic mass is 32.2. The van der Waals surface area contributed by atoms with Crippen LogP contribution < -0.4 is 4.74 Å². The average Bonchev–Trinajstić information content (AvgIpc) is 3.34. The summed E-state index contributed by atoms with van der Waals surface area (Å²) in [6.07, 6.45) is 3.26. The van der Waals surface area contributed by atoms with Crippen molar-refractivity contribution in [2.24, 2.45) is 0 Å². The van der Waals surface area contributed by atoms with Gasteiger partial charge in [0.05, 0.1) is 17.3 Å². The molecule has 7 nitrogen and oxygen atoms in total. The first-order valence-corrected chi connectivity index (χ1v) is 11.3. The Morgan fingerprint density at radius 3 is 2.36 bits per heavy atom. The molecule has 0 aliphatic heterocycles. The molecule has 2 aromatic rings. The van der Waals surface area contributed by atoms with Crippen molar-refractivity contribution in [3.63, 3.8) is 0 Å². The Hall–Kier alpha value is -2.37. The number of nitriles is 1. The van der Waals surface area contributed by atoms with Crippen LogP contribution in [0.5, 0.6) is 11.5 Å². The molecular weight excluding hydrogens is 376 g/mol. The fraction of sp³-hybridized carbons (Fsp3) is 0.500. The summed E-state index contributed by atoms with van der Waals surface area (Å²) >= 11 is 0. The quantitative estimate of drug-likeness (QED) is 0.707. The highest BCUT2D eigenvalue weighted by Crippen LogP contribution is 2.46. The molecule has 28 heavy (non-hydrogen) atoms. The van der Waals surface area contributed by atoms with Gasteiger partial charge in [-0.3, -0.25) is 0 Å². The zero-order valence-corrected chi connectivity index (χ0v) is 17.8. The number of sulfone groups is 1. The van der Waals surface area contributed by atoms with Crippen molar-refractivity contribution in [3.05, 3.63) is 40.2 Å². The van der Waals surface area contributed by atoms with Gasteiger partial charge in [-0.25, -0.2) is 13.1 Å². The lowest BCUT2D eigenvalue weighted by Gasteiger charge is -2.15. The van der Waals surface area contributed by atoms with E-state index in [0.29, 0.717) is 29.5 Å². The molecule has 1 aliphatic rings. The van der Waals surface area contributed by atoms with E-state index in [1.165, 1.54) is 6.26 Å². The lowest BCUT2D eigenvalue weighted by Crippen LogP contribution is -2.18. The number of hydrogen-bond acceptors (Lipinski definition) is 6. The molecule has 1 fully saturated rings. The molecule has 0 radical (unpaired) electrons. The molecule has 0 amide bonds. The lowest BCUT2D eigenvalue weighted by molar-refractivity contribution is 0.373. The number of hydrogen-bond donors (Lipinski definition) is 0. The molecule has 1 aliphatic carbocycles. The van der Waals surface area contributed by atoms with Gasteiger partial charge in [-0.2, -0.15) is 10.4 Å². The first kappa shape index (κ1) is 20.4. The maximum atomic E-state index is 11.9. The SMILES string of the molecule is Cc1cc(Oc2c(C3CC3)nn(CS(C)(=O)=O)c2CN(C)C)cc(C)c1C#N. The average molecular weight is 403 g/mol. The number of nitrogens with zero attached hydrogens (tertiary/aromatic N) is 4. The van der Waals surface area contributed by atoms with Gasteiger partial charge in [-0.15, -0.1) is 0 Å². The molecule has 1 aromatic heterocycles. The van der Waals surface area contributed by atoms with Crippen molar-refractivity contribution in [1.82, 2.24) is 14.7 Å². The topological polar surface area (TPSA) is 88.2 Å². The van der Waals surface area contributed by atoms with Crippen molar-refractivity contribution in [3.8, 4) is 17.6 Å². The van der Waals surface area contributed by atoms with Crippen LogP contribution in [0.15, 0.2) is 12.1 Å². The van der Waals surface area contributed by atoms with Crippen molar-refractivity contribution < 1.29 is 13.2 Å². The van der Waals surface area contributed by atoms with E-state index < -0.39 is 9.84 Å². The Morgan fingerprint density at radius 1 is 1.29 bits per heavy atom. The summed E-state index contributed by atoms with van der Waals surface area (Å²) in [6.45, 7) is 4.28. The van der Waals surface area contributed by atoms with Crippen LogP contribution in [0.3, 0.4) is 0 Å². The molecule has 1 aromatic carbocycles. The summed E-state index contributed by atoms with van der Waals surface area (Å²) in [5, 5.41) is 13.9. The third kappa shape index (κ3) is 4.54. The molecule has 1 saturated carbocycles. The minimum absolute atomic E-state index is 0.176. The maximum absolute atomic E-state index is 11.9. The Labute approximate surface area is 166 Å². The van der Waals surface area contributed by atoms with Gasteiger partial charge in [0.15, 0.2) is 15.6 Å². The van der Waals surface area contributed by atoms with Crippen LogP contribution in [0.2, 0.25) is 0 Å². The third-order valence-electron chi connectivity index (χ3n) is 4.66. The second-order valence-corrected chi connectivity index (χ2v) is 9.98. The molecule has 3 rings (SSSR count). The molecule has 1 heterocycles. The first-order chi connectivity index (χ1) is 13.1. The lowest BCUT2D eigenvalue weighted by atomic mass is 10.0. The zero-order valence-electron chi connectivity index (χ0n) is 17.0. The summed E-state index contributed by atoms with van der Waals surface area (Å²) in [6, 6.07) is 5.90. The molecule has 0 saturated heterocycles. The monoisotopic (exact) mass is 402 g/mol. The maximum Gasteiger partial charge on any atom is 0.173 e. The molecular formula is C20H26N4O3S. The predicted molar refractivity (Wildman–Crippen MR) is 107 cm³/mol. The minimum Gasteiger partial charge on any atom is -0.453 e. The molecule has 0 N–H and O–H groups in total. The van der Waals surface area contributed by atoms with Gasteiger partial charge >= 0.3 is 0 Å². The van der Waals surface area contributed by atoms with Gasteiger partial charge in [-0.05, 0) is 64.0 Å². The fourth-order valence-corrected chi connectivity index (χ4v) is 3.95. The smallest absolute Gasteiger partial charge is 0.173 e. The summed E-state index contributed by atoms with van der Waals surface area (Å²) < 4.78 is 31.7. The predicted octanol–water partition coefficient (Wildman–Crippen LogP) is 3.11. The Bertz CT molecular complexity index is 1020. The Morgan fingerprint density at radius 2 is 1.89 bits per heavy atom. The van der Waals surface area contributed by atoms with Crippen molar-refractivity contribution in [1.29, 1.82) is 5.26 Å². The van der Waals surface area contributed by atoms with E-state index in [1.807, 2.05) is 45.0 Å². The Balaban J connectivity index is 2.09. The molecule has 0 atom stereocenters. The second kappa shape index (κ2) is 7.57. The van der Waals surface area contributed by atoms with Crippen LogP contribution >= 0.6 is 0 Å². The highest BCUT2D eigenvalue weighted by Gasteiger charge is 2.34. The van der Waals surface area contributed by atoms with Crippen LogP contribution in [0.4, 0.5) is 0 Å². The molecule has 0 unspecified atom stereocenters. The van der Waals surface area contributed by atoms with Crippen LogP contribution in [0.25, 0.3) is 0 Å². The number of rotatable bonds is 7. The van der Waals surface area contributed by atoms with Crippen LogP contribution in [0, 0.1) is 25.2 Å². The normalized spacial score (nSPS) is 14.3. The minimum atomic E-state index is -3.25. The highest BCUT2D eigenvalue weighted by molar-refractivity contribution is 7.89. The van der Waals surface area contributed by atoms with Gasteiger partial charge in [0, 0.05) is 18.7 Å². The van der Waals surface area contributed by atoms with Gasteiger partial charge in [0.2, 0.25) is 0 Å². The van der Waals surface area contributed by atoms with E-state index in [1.54, 1.807) is 4.68 Å². The van der Waals surface area contributed by atoms with E-state index in [-0.39, 0.29) is 5.88 Å². The third-order valence-corrected chi connectivity index (χ3v) is 5.37. The molecule has 150 valence electrons. The summed E-state index contributed by atoms with van der Waals surface area (Å²) in [4.78, 5) is 1.97. The van der Waals surface area contributed by atoms with Gasteiger partial charge < -0.3 is 9.64 Å². The molecule has 0 bridgehead atoms. The molecule has 8 heteroatoms. The van der Waals surface area contributed by atoms with Gasteiger partial charge in [0.25, 0.3) is 0 Å². The molecule has 0 spiro atoms. The van der Waals surface area contributed by atoms with Crippen LogP contribution in [-0.2, 0) is 22.3 Å². The second-order valence-electron chi connectivity index (χ2n) is 7.87. The van der Waals surface area contributed by atoms with Crippen molar-refractivity contribution >= 4 is 9.84 Å². The number of benzene rings is 1. The van der Waals surface area contributed by atoms with Crippen LogP contribution in [-0.4, -0.2) is 43.4 Å². The summed E-state index contributed by atoms with van der Waals surface area (Å²) in [5.41, 5.74) is 3.92. The van der Waals surface area contributed by atoms with Gasteiger partial charge in [0.1, 0.15) is 17.3 Å². The number of aryl methyl sites for hydroxylation is 2. The van der Waals surface area contributed by atoms with Crippen LogP contribution in [0.1, 0.15) is 46.8 Å². The Kier molecular flexibility index (Phi) is 5.50. The van der Waals surface area contributed by atoms with E-state index >= 15 is 0 Å². The van der Waals surface area contributed by atoms with E-state index in [0.717, 1.165) is 35.4 Å². The number of ether oxygens (including phenoxy) is 1. The van der Waals surface area contributed by atoms with E-state index in [9.17, 15) is 13.7 Å². The van der Waals surface area contributed by atoms with E-state index in [2.05, 4.69) is 11.2 Å².